The smallest absolute Gasteiger partial charge is 0.167 e. The molecule has 0 saturated carbocycles. The predicted octanol–water partition coefficient (Wildman–Crippen LogP) is 2.08. The van der Waals surface area contributed by atoms with Gasteiger partial charge in [0.2, 0.25) is 0 Å². The Bertz CT molecular complexity index is 441. The van der Waals surface area contributed by atoms with Crippen molar-refractivity contribution in [1.29, 1.82) is 0 Å². The number of rotatable bonds is 3. The Hall–Kier alpha value is -1.81. The summed E-state index contributed by atoms with van der Waals surface area (Å²) in [4.78, 5) is 16.0. The van der Waals surface area contributed by atoms with Crippen LogP contribution in [0.3, 0.4) is 0 Å². The lowest BCUT2D eigenvalue weighted by molar-refractivity contribution is -0.104. The van der Waals surface area contributed by atoms with E-state index >= 15 is 0 Å². The molecule has 0 spiro atoms. The topological polar surface area (TPSA) is 41.6 Å². The Kier molecular flexibility index (Phi) is 2.92. The largest absolute Gasteiger partial charge is 0.350 e. The molecule has 0 aliphatic carbocycles. The first-order valence-corrected chi connectivity index (χ1v) is 5.19. The van der Waals surface area contributed by atoms with Crippen LogP contribution in [-0.4, -0.2) is 13.4 Å². The molecule has 0 aromatic heterocycles. The number of nitrogens with zero attached hydrogens (tertiary/aromatic N) is 1. The molecule has 1 heterocycles. The van der Waals surface area contributed by atoms with E-state index in [0.29, 0.717) is 5.70 Å². The van der Waals surface area contributed by atoms with E-state index < -0.39 is 0 Å². The van der Waals surface area contributed by atoms with Crippen molar-refractivity contribution < 1.29 is 9.63 Å². The van der Waals surface area contributed by atoms with Gasteiger partial charge in [-0.3, -0.25) is 9.63 Å². The summed E-state index contributed by atoms with van der Waals surface area (Å²) in [5.41, 5.74) is 3.52. The monoisotopic (exact) mass is 218 g/mol. The number of anilines is 2. The van der Waals surface area contributed by atoms with E-state index in [9.17, 15) is 4.79 Å². The average Bonchev–Trinajstić information content (AvgIpc) is 2.36. The number of aryl methyl sites for hydroxylation is 1. The Morgan fingerprint density at radius 3 is 2.94 bits per heavy atom. The van der Waals surface area contributed by atoms with E-state index in [1.807, 2.05) is 18.2 Å². The molecule has 0 bridgehead atoms. The molecule has 0 radical (unpaired) electrons. The molecule has 1 N–H and O–H groups in total. The van der Waals surface area contributed by atoms with Crippen molar-refractivity contribution in [3.8, 4) is 0 Å². The molecule has 0 amide bonds. The van der Waals surface area contributed by atoms with Crippen molar-refractivity contribution in [2.45, 2.75) is 13.3 Å². The standard InChI is InChI=1S/C12H14N2O2/c1-3-9-5-4-6-11-12(9)13-10(8-15)7-14(11)16-2/h4-8,13H,3H2,1-2H3. The van der Waals surface area contributed by atoms with Crippen LogP contribution in [0, 0.1) is 0 Å². The molecular weight excluding hydrogens is 204 g/mol. The predicted molar refractivity (Wildman–Crippen MR) is 63.1 cm³/mol. The fourth-order valence-corrected chi connectivity index (χ4v) is 1.79. The van der Waals surface area contributed by atoms with Crippen LogP contribution in [0.4, 0.5) is 11.4 Å². The molecule has 0 saturated heterocycles. The van der Waals surface area contributed by atoms with Gasteiger partial charge < -0.3 is 5.32 Å². The first-order valence-electron chi connectivity index (χ1n) is 5.19. The zero-order valence-electron chi connectivity index (χ0n) is 9.36. The van der Waals surface area contributed by atoms with E-state index in [0.717, 1.165) is 29.6 Å². The molecule has 0 atom stereocenters. The lowest BCUT2D eigenvalue weighted by Gasteiger charge is -2.27. The second kappa shape index (κ2) is 4.37. The van der Waals surface area contributed by atoms with Gasteiger partial charge in [0.25, 0.3) is 0 Å². The lowest BCUT2D eigenvalue weighted by atomic mass is 10.1. The van der Waals surface area contributed by atoms with E-state index in [1.165, 1.54) is 0 Å². The minimum absolute atomic E-state index is 0.496. The zero-order chi connectivity index (χ0) is 11.5. The Labute approximate surface area is 94.5 Å². The summed E-state index contributed by atoms with van der Waals surface area (Å²) in [6, 6.07) is 5.96. The Balaban J connectivity index is 2.51. The molecule has 84 valence electrons. The van der Waals surface area contributed by atoms with Gasteiger partial charge in [-0.05, 0) is 18.1 Å². The Morgan fingerprint density at radius 1 is 1.50 bits per heavy atom. The highest BCUT2D eigenvalue weighted by Gasteiger charge is 2.18. The summed E-state index contributed by atoms with van der Waals surface area (Å²) < 4.78 is 0. The zero-order valence-corrected chi connectivity index (χ0v) is 9.36. The second-order valence-electron chi connectivity index (χ2n) is 3.50. The van der Waals surface area contributed by atoms with Crippen molar-refractivity contribution >= 4 is 17.7 Å². The molecule has 4 heteroatoms. The number of benzene rings is 1. The summed E-state index contributed by atoms with van der Waals surface area (Å²) in [7, 11) is 1.58. The summed E-state index contributed by atoms with van der Waals surface area (Å²) >= 11 is 0. The van der Waals surface area contributed by atoms with Gasteiger partial charge in [0.1, 0.15) is 0 Å². The summed E-state index contributed by atoms with van der Waals surface area (Å²) in [6.07, 6.45) is 3.32. The molecule has 0 unspecified atom stereocenters. The van der Waals surface area contributed by atoms with Gasteiger partial charge in [0, 0.05) is 0 Å². The second-order valence-corrected chi connectivity index (χ2v) is 3.50. The maximum Gasteiger partial charge on any atom is 0.167 e. The number of para-hydroxylation sites is 1. The van der Waals surface area contributed by atoms with E-state index in [-0.39, 0.29) is 0 Å². The fraction of sp³-hybridized carbons (Fsp3) is 0.250. The van der Waals surface area contributed by atoms with Gasteiger partial charge in [-0.15, -0.1) is 0 Å². The van der Waals surface area contributed by atoms with Crippen molar-refractivity contribution in [1.82, 2.24) is 0 Å². The summed E-state index contributed by atoms with van der Waals surface area (Å²) in [5, 5.41) is 4.69. The van der Waals surface area contributed by atoms with Crippen LogP contribution in [0.2, 0.25) is 0 Å². The van der Waals surface area contributed by atoms with Crippen molar-refractivity contribution in [2.75, 3.05) is 17.5 Å². The highest BCUT2D eigenvalue weighted by atomic mass is 16.7. The third kappa shape index (κ3) is 1.67. The van der Waals surface area contributed by atoms with Gasteiger partial charge in [-0.1, -0.05) is 19.1 Å². The first-order chi connectivity index (χ1) is 7.80. The average molecular weight is 218 g/mol. The van der Waals surface area contributed by atoms with Crippen LogP contribution in [0.15, 0.2) is 30.1 Å². The minimum atomic E-state index is 0.496. The minimum Gasteiger partial charge on any atom is -0.350 e. The molecule has 1 aromatic rings. The summed E-state index contributed by atoms with van der Waals surface area (Å²) in [6.45, 7) is 2.08. The highest BCUT2D eigenvalue weighted by Crippen LogP contribution is 2.34. The number of fused-ring (bicyclic) bond motifs is 1. The third-order valence-corrected chi connectivity index (χ3v) is 2.60. The van der Waals surface area contributed by atoms with Crippen LogP contribution < -0.4 is 10.4 Å². The van der Waals surface area contributed by atoms with Gasteiger partial charge >= 0.3 is 0 Å². The summed E-state index contributed by atoms with van der Waals surface area (Å²) in [5.74, 6) is 0. The number of carbonyl (C=O) groups excluding carboxylic acids is 1. The number of nitrogens with one attached hydrogen (secondary N) is 1. The molecule has 4 nitrogen and oxygen atoms in total. The lowest BCUT2D eigenvalue weighted by Crippen LogP contribution is -2.23. The SMILES string of the molecule is CCc1cccc2c1NC(C=O)=CN2OC. The first kappa shape index (κ1) is 10.7. The van der Waals surface area contributed by atoms with Crippen LogP contribution in [-0.2, 0) is 16.1 Å². The number of hydroxylamine groups is 1. The highest BCUT2D eigenvalue weighted by molar-refractivity contribution is 5.88. The maximum absolute atomic E-state index is 10.8. The van der Waals surface area contributed by atoms with E-state index in [2.05, 4.69) is 12.2 Å². The van der Waals surface area contributed by atoms with Gasteiger partial charge in [-0.25, -0.2) is 5.06 Å². The van der Waals surface area contributed by atoms with Crippen molar-refractivity contribution in [2.24, 2.45) is 0 Å². The number of carbonyl (C=O) groups is 1. The molecule has 1 aliphatic heterocycles. The van der Waals surface area contributed by atoms with Crippen molar-refractivity contribution in [3.05, 3.63) is 35.7 Å². The van der Waals surface area contributed by atoms with Crippen molar-refractivity contribution in [3.63, 3.8) is 0 Å². The molecule has 1 aliphatic rings. The van der Waals surface area contributed by atoms with E-state index in [1.54, 1.807) is 18.4 Å². The third-order valence-electron chi connectivity index (χ3n) is 2.60. The molecule has 1 aromatic carbocycles. The number of hydrogen-bond donors (Lipinski definition) is 1. The van der Waals surface area contributed by atoms with E-state index in [4.69, 9.17) is 4.84 Å². The fourth-order valence-electron chi connectivity index (χ4n) is 1.79. The molecule has 2 rings (SSSR count). The normalized spacial score (nSPS) is 13.9. The van der Waals surface area contributed by atoms with Crippen LogP contribution in [0.5, 0.6) is 0 Å². The number of allylic oxidation sites excluding steroid dienone is 1. The number of aldehydes is 1. The van der Waals surface area contributed by atoms with Gasteiger partial charge in [0.15, 0.2) is 6.29 Å². The maximum atomic E-state index is 10.8. The Morgan fingerprint density at radius 2 is 2.31 bits per heavy atom. The molecular formula is C12H14N2O2. The van der Waals surface area contributed by atoms with Crippen LogP contribution in [0.1, 0.15) is 12.5 Å². The van der Waals surface area contributed by atoms with Gasteiger partial charge in [-0.2, -0.15) is 0 Å². The molecule has 0 fully saturated rings. The van der Waals surface area contributed by atoms with Crippen LogP contribution >= 0.6 is 0 Å². The number of hydrogen-bond acceptors (Lipinski definition) is 4. The quantitative estimate of drug-likeness (QED) is 0.789. The van der Waals surface area contributed by atoms with Gasteiger partial charge in [0.05, 0.1) is 30.4 Å². The van der Waals surface area contributed by atoms with Crippen LogP contribution in [0.25, 0.3) is 0 Å². The molecule has 16 heavy (non-hydrogen) atoms.